The third-order valence-electron chi connectivity index (χ3n) is 13.1. The van der Waals surface area contributed by atoms with Crippen LogP contribution >= 0.6 is 0 Å². The van der Waals surface area contributed by atoms with Gasteiger partial charge in [-0.25, -0.2) is 0 Å². The Hall–Kier alpha value is -6.34. The van der Waals surface area contributed by atoms with Crippen LogP contribution in [-0.2, 0) is 42.7 Å². The molecule has 0 saturated carbocycles. The number of rotatable bonds is 16. The fourth-order valence-corrected chi connectivity index (χ4v) is 9.98. The van der Waals surface area contributed by atoms with Gasteiger partial charge >= 0.3 is 6.18 Å². The molecule has 2 aliphatic heterocycles. The molecular formula is C59H62F3N2O2+. The first kappa shape index (κ1) is 46.2. The molecule has 2 atom stereocenters. The predicted octanol–water partition coefficient (Wildman–Crippen LogP) is 14.1. The van der Waals surface area contributed by atoms with Gasteiger partial charge in [-0.2, -0.15) is 17.7 Å². The van der Waals surface area contributed by atoms with Crippen LogP contribution in [0.2, 0.25) is 0 Å². The van der Waals surface area contributed by atoms with Crippen LogP contribution in [0, 0.1) is 6.92 Å². The van der Waals surface area contributed by atoms with Gasteiger partial charge in [0.25, 0.3) is 0 Å². The van der Waals surface area contributed by atoms with Crippen molar-refractivity contribution in [1.82, 2.24) is 0 Å². The number of hydrogen-bond acceptors (Lipinski definition) is 3. The van der Waals surface area contributed by atoms with Gasteiger partial charge in [0.15, 0.2) is 12.3 Å². The highest BCUT2D eigenvalue weighted by molar-refractivity contribution is 6.04. The molecule has 0 radical (unpaired) electrons. The van der Waals surface area contributed by atoms with Gasteiger partial charge in [0, 0.05) is 47.5 Å². The van der Waals surface area contributed by atoms with E-state index in [1.165, 1.54) is 45.8 Å². The minimum absolute atomic E-state index is 0.0629. The van der Waals surface area contributed by atoms with Crippen LogP contribution in [0.5, 0.6) is 11.5 Å². The summed E-state index contributed by atoms with van der Waals surface area (Å²) in [7, 11) is 0. The number of anilines is 1. The van der Waals surface area contributed by atoms with Gasteiger partial charge in [0.2, 0.25) is 5.69 Å². The van der Waals surface area contributed by atoms with Crippen LogP contribution in [0.15, 0.2) is 170 Å². The Kier molecular flexibility index (Phi) is 13.5. The van der Waals surface area contributed by atoms with Gasteiger partial charge in [-0.05, 0) is 150 Å². The van der Waals surface area contributed by atoms with Crippen molar-refractivity contribution < 1.29 is 27.2 Å². The second-order valence-corrected chi connectivity index (χ2v) is 19.0. The number of alkyl halides is 3. The summed E-state index contributed by atoms with van der Waals surface area (Å²) in [5.74, 6) is 1.67. The zero-order chi connectivity index (χ0) is 46.6. The number of halogens is 3. The number of aryl methyl sites for hydroxylation is 1. The van der Waals surface area contributed by atoms with Crippen molar-refractivity contribution in [2.24, 2.45) is 0 Å². The molecule has 4 nitrogen and oxygen atoms in total. The molecule has 0 fully saturated rings. The fourth-order valence-electron chi connectivity index (χ4n) is 9.98. The first-order valence-electron chi connectivity index (χ1n) is 23.3. The highest BCUT2D eigenvalue weighted by Crippen LogP contribution is 2.52. The van der Waals surface area contributed by atoms with Crippen LogP contribution < -0.4 is 14.4 Å². The molecule has 0 aromatic heterocycles. The second kappa shape index (κ2) is 19.2. The van der Waals surface area contributed by atoms with E-state index in [2.05, 4.69) is 146 Å². The van der Waals surface area contributed by atoms with Crippen molar-refractivity contribution in [3.05, 3.63) is 214 Å². The summed E-state index contributed by atoms with van der Waals surface area (Å²) < 4.78 is 58.0. The second-order valence-electron chi connectivity index (χ2n) is 19.0. The van der Waals surface area contributed by atoms with E-state index in [-0.39, 0.29) is 17.6 Å². The average molecular weight is 888 g/mol. The maximum Gasteiger partial charge on any atom is 0.416 e. The van der Waals surface area contributed by atoms with Gasteiger partial charge < -0.3 is 14.4 Å². The zero-order valence-electron chi connectivity index (χ0n) is 39.3. The largest absolute Gasteiger partial charge is 0.491 e. The summed E-state index contributed by atoms with van der Waals surface area (Å²) in [6.45, 7) is 16.0. The van der Waals surface area contributed by atoms with E-state index in [9.17, 15) is 13.2 Å². The first-order valence-corrected chi connectivity index (χ1v) is 23.3. The third kappa shape index (κ3) is 10.1. The van der Waals surface area contributed by atoms with Crippen molar-refractivity contribution in [3.8, 4) is 11.5 Å². The van der Waals surface area contributed by atoms with Gasteiger partial charge in [0.05, 0.1) is 23.2 Å². The molecular weight excluding hydrogens is 826 g/mol. The van der Waals surface area contributed by atoms with Crippen LogP contribution in [-0.4, -0.2) is 35.6 Å². The Balaban J connectivity index is 1.25. The van der Waals surface area contributed by atoms with Crippen LogP contribution in [0.4, 0.5) is 24.5 Å². The molecule has 2 heterocycles. The summed E-state index contributed by atoms with van der Waals surface area (Å²) >= 11 is 0. The van der Waals surface area contributed by atoms with E-state index in [4.69, 9.17) is 9.47 Å². The van der Waals surface area contributed by atoms with Crippen molar-refractivity contribution >= 4 is 17.1 Å². The SMILES string of the molecule is Cc1ccc2c(c1)C(C)(Cc1ccccc1)C(/C=C/C=C1/N(CCc3ccc(OC(C)C)cc3)c3ccc(C(F)(F)F)cc3C1(C)Cc1ccccc1)=[N+]2CCc1ccc(OC(C)C)cc1. The quantitative estimate of drug-likeness (QED) is 0.0905. The monoisotopic (exact) mass is 887 g/mol. The lowest BCUT2D eigenvalue weighted by molar-refractivity contribution is -0.437. The van der Waals surface area contributed by atoms with Crippen LogP contribution in [0.3, 0.4) is 0 Å². The predicted molar refractivity (Wildman–Crippen MR) is 264 cm³/mol. The Morgan fingerprint density at radius 1 is 0.621 bits per heavy atom. The standard InChI is InChI=1S/C59H62F3N2O2/c1-41(2)65-49-27-22-44(23-28-49)33-35-63-53-31-21-43(5)37-51(53)57(6,39-46-15-10-8-11-16-46)55(63)19-14-20-56-58(7,40-47-17-12-9-13-18-47)52-38-48(59(60,61)62)26-32-54(52)64(56)36-34-45-24-29-50(30-25-45)66-42(3)4/h8-32,37-38,41-42H,33-36,39-40H2,1-7H3/q+1. The summed E-state index contributed by atoms with van der Waals surface area (Å²) in [6, 6.07) is 48.5. The Bertz CT molecular complexity index is 2720. The molecule has 0 saturated heterocycles. The van der Waals surface area contributed by atoms with Crippen molar-refractivity contribution in [2.45, 2.75) is 103 Å². The normalized spacial score (nSPS) is 18.8. The molecule has 6 aromatic carbocycles. The molecule has 7 heteroatoms. The number of benzene rings is 6. The molecule has 66 heavy (non-hydrogen) atoms. The van der Waals surface area contributed by atoms with Crippen molar-refractivity contribution in [2.75, 3.05) is 18.0 Å². The maximum absolute atomic E-state index is 14.6. The number of hydrogen-bond donors (Lipinski definition) is 0. The van der Waals surface area contributed by atoms with E-state index >= 15 is 0 Å². The highest BCUT2D eigenvalue weighted by Gasteiger charge is 2.48. The van der Waals surface area contributed by atoms with Crippen molar-refractivity contribution in [1.29, 1.82) is 0 Å². The maximum atomic E-state index is 14.6. The summed E-state index contributed by atoms with van der Waals surface area (Å²) in [4.78, 5) is 2.26. The first-order chi connectivity index (χ1) is 31.6. The minimum atomic E-state index is -4.48. The van der Waals surface area contributed by atoms with E-state index < -0.39 is 17.2 Å². The molecule has 0 amide bonds. The number of allylic oxidation sites excluding steroid dienone is 4. The Morgan fingerprint density at radius 2 is 1.18 bits per heavy atom. The number of fused-ring (bicyclic) bond motifs is 2. The average Bonchev–Trinajstić information content (AvgIpc) is 3.64. The fraction of sp³-hybridized carbons (Fsp3) is 0.305. The molecule has 0 N–H and O–H groups in total. The van der Waals surface area contributed by atoms with E-state index in [0.717, 1.165) is 53.4 Å². The smallest absolute Gasteiger partial charge is 0.416 e. The minimum Gasteiger partial charge on any atom is -0.491 e. The van der Waals surface area contributed by atoms with Crippen molar-refractivity contribution in [3.63, 3.8) is 0 Å². The van der Waals surface area contributed by atoms with E-state index in [0.29, 0.717) is 24.9 Å². The van der Waals surface area contributed by atoms with E-state index in [1.807, 2.05) is 58.0 Å². The summed E-state index contributed by atoms with van der Waals surface area (Å²) in [6.07, 6.45) is 5.10. The van der Waals surface area contributed by atoms with Gasteiger partial charge in [-0.1, -0.05) is 103 Å². The van der Waals surface area contributed by atoms with E-state index in [1.54, 1.807) is 6.07 Å². The molecule has 2 aliphatic rings. The van der Waals surface area contributed by atoms with Gasteiger partial charge in [-0.15, -0.1) is 0 Å². The number of nitrogens with zero attached hydrogens (tertiary/aromatic N) is 2. The molecule has 340 valence electrons. The lowest BCUT2D eigenvalue weighted by Crippen LogP contribution is -2.34. The molecule has 6 aromatic rings. The molecule has 2 unspecified atom stereocenters. The van der Waals surface area contributed by atoms with Gasteiger partial charge in [-0.3, -0.25) is 0 Å². The lowest BCUT2D eigenvalue weighted by atomic mass is 9.74. The molecule has 0 bridgehead atoms. The van der Waals surface area contributed by atoms with Gasteiger partial charge in [0.1, 0.15) is 11.5 Å². The number of ether oxygens (including phenoxy) is 2. The summed E-state index contributed by atoms with van der Waals surface area (Å²) in [5, 5.41) is 0. The molecule has 0 aliphatic carbocycles. The zero-order valence-corrected chi connectivity index (χ0v) is 39.3. The summed E-state index contributed by atoms with van der Waals surface area (Å²) in [5.41, 5.74) is 10.2. The molecule has 0 spiro atoms. The Labute approximate surface area is 389 Å². The Morgan fingerprint density at radius 3 is 1.74 bits per heavy atom. The third-order valence-corrected chi connectivity index (χ3v) is 13.1. The topological polar surface area (TPSA) is 24.7 Å². The lowest BCUT2D eigenvalue weighted by Gasteiger charge is -2.31. The molecule has 8 rings (SSSR count). The van der Waals surface area contributed by atoms with Crippen LogP contribution in [0.1, 0.15) is 86.1 Å². The van der Waals surface area contributed by atoms with Crippen LogP contribution in [0.25, 0.3) is 0 Å². The highest BCUT2D eigenvalue weighted by atomic mass is 19.4.